The maximum Gasteiger partial charge on any atom is 0.451 e. The Bertz CT molecular complexity index is 850. The minimum absolute atomic E-state index is 0.0380. The lowest BCUT2D eigenvalue weighted by Crippen LogP contribution is -2.50. The predicted molar refractivity (Wildman–Crippen MR) is 91.7 cm³/mol. The fourth-order valence-electron chi connectivity index (χ4n) is 3.29. The monoisotopic (exact) mass is 363 g/mol. The summed E-state index contributed by atoms with van der Waals surface area (Å²) in [4.78, 5) is 37.0. The Kier molecular flexibility index (Phi) is 4.85. The van der Waals surface area contributed by atoms with E-state index < -0.39 is 23.5 Å². The molecule has 0 radical (unpaired) electrons. The summed E-state index contributed by atoms with van der Waals surface area (Å²) >= 11 is 0. The number of nitrogens with two attached hydrogens (primary N) is 1. The Labute approximate surface area is 147 Å². The fourth-order valence-corrected chi connectivity index (χ4v) is 3.29. The summed E-state index contributed by atoms with van der Waals surface area (Å²) in [6.07, 6.45) is 1.75. The molecule has 1 saturated heterocycles. The first kappa shape index (κ1) is 18.2. The molecule has 1 aromatic carbocycles. The molecule has 0 saturated carbocycles. The number of hydrogen-bond donors (Lipinski definition) is 5. The van der Waals surface area contributed by atoms with E-state index in [4.69, 9.17) is 15.8 Å². The third-order valence-electron chi connectivity index (χ3n) is 4.68. The van der Waals surface area contributed by atoms with Gasteiger partial charge in [-0.3, -0.25) is 9.59 Å². The highest BCUT2D eigenvalue weighted by Crippen LogP contribution is 2.34. The molecule has 0 unspecified atom stereocenters. The minimum Gasteiger partial charge on any atom is -0.427 e. The molecule has 1 fully saturated rings. The highest BCUT2D eigenvalue weighted by atomic mass is 16.4. The van der Waals surface area contributed by atoms with Gasteiger partial charge in [0.2, 0.25) is 0 Å². The van der Waals surface area contributed by atoms with Crippen LogP contribution in [-0.2, 0) is 4.79 Å². The molecule has 0 aliphatic carbocycles. The molecule has 1 aromatic heterocycles. The van der Waals surface area contributed by atoms with E-state index in [9.17, 15) is 14.4 Å². The first-order valence-corrected chi connectivity index (χ1v) is 8.06. The normalized spacial score (nSPS) is 22.7. The highest BCUT2D eigenvalue weighted by molar-refractivity contribution is 6.40. The van der Waals surface area contributed by atoms with Crippen LogP contribution in [0, 0.1) is 5.92 Å². The molecular formula is C13H18BN7O5. The number of tetrazole rings is 1. The van der Waals surface area contributed by atoms with Crippen LogP contribution < -0.4 is 26.8 Å². The zero-order valence-electron chi connectivity index (χ0n) is 13.8. The van der Waals surface area contributed by atoms with Crippen LogP contribution in [0.5, 0.6) is 0 Å². The lowest BCUT2D eigenvalue weighted by atomic mass is 9.79. The van der Waals surface area contributed by atoms with Crippen molar-refractivity contribution in [3.63, 3.8) is 0 Å². The molecular weight excluding hydrogens is 345 g/mol. The number of aromatic nitrogens is 4. The molecule has 0 amide bonds. The summed E-state index contributed by atoms with van der Waals surface area (Å²) in [5, 5.41) is 33.5. The SMILES string of the molecule is N[C@@]1(C=O)CN(c2c(Nc3nn[nH]n3)c(=O)c2=O)C[C@@H]1CCCB(O)O. The van der Waals surface area contributed by atoms with Gasteiger partial charge in [-0.1, -0.05) is 11.5 Å². The van der Waals surface area contributed by atoms with Gasteiger partial charge >= 0.3 is 7.12 Å². The number of H-pyrrole nitrogens is 1. The molecule has 1 aliphatic rings. The van der Waals surface area contributed by atoms with E-state index in [2.05, 4.69) is 25.9 Å². The van der Waals surface area contributed by atoms with E-state index in [-0.39, 0.29) is 36.1 Å². The Hall–Kier alpha value is -2.64. The van der Waals surface area contributed by atoms with Gasteiger partial charge in [0, 0.05) is 19.0 Å². The molecule has 26 heavy (non-hydrogen) atoms. The van der Waals surface area contributed by atoms with E-state index in [1.54, 1.807) is 4.90 Å². The molecule has 2 aromatic rings. The molecule has 12 nitrogen and oxygen atoms in total. The van der Waals surface area contributed by atoms with Crippen molar-refractivity contribution in [2.24, 2.45) is 11.7 Å². The van der Waals surface area contributed by atoms with Crippen molar-refractivity contribution in [2.45, 2.75) is 24.7 Å². The Morgan fingerprint density at radius 3 is 2.81 bits per heavy atom. The van der Waals surface area contributed by atoms with Crippen molar-refractivity contribution >= 4 is 30.7 Å². The van der Waals surface area contributed by atoms with E-state index in [0.717, 1.165) is 0 Å². The average molecular weight is 363 g/mol. The van der Waals surface area contributed by atoms with Crippen LogP contribution in [0.15, 0.2) is 9.59 Å². The molecule has 3 rings (SSSR count). The quantitative estimate of drug-likeness (QED) is 0.184. The number of carbonyl (C=O) groups excluding carboxylic acids is 1. The van der Waals surface area contributed by atoms with Gasteiger partial charge in [0.25, 0.3) is 16.8 Å². The van der Waals surface area contributed by atoms with E-state index >= 15 is 0 Å². The van der Waals surface area contributed by atoms with Crippen LogP contribution in [-0.4, -0.2) is 62.7 Å². The van der Waals surface area contributed by atoms with E-state index in [0.29, 0.717) is 25.7 Å². The van der Waals surface area contributed by atoms with Gasteiger partial charge in [-0.05, 0) is 18.0 Å². The predicted octanol–water partition coefficient (Wildman–Crippen LogP) is -2.88. The zero-order valence-corrected chi connectivity index (χ0v) is 13.8. The van der Waals surface area contributed by atoms with Crippen LogP contribution in [0.3, 0.4) is 0 Å². The zero-order chi connectivity index (χ0) is 18.9. The van der Waals surface area contributed by atoms with Gasteiger partial charge in [-0.2, -0.15) is 5.21 Å². The molecule has 13 heteroatoms. The Morgan fingerprint density at radius 2 is 2.19 bits per heavy atom. The van der Waals surface area contributed by atoms with Crippen molar-refractivity contribution in [3.05, 3.63) is 20.4 Å². The molecule has 6 N–H and O–H groups in total. The lowest BCUT2D eigenvalue weighted by molar-refractivity contribution is -0.112. The summed E-state index contributed by atoms with van der Waals surface area (Å²) in [7, 11) is -1.42. The van der Waals surface area contributed by atoms with Crippen LogP contribution >= 0.6 is 0 Å². The number of aromatic amines is 1. The van der Waals surface area contributed by atoms with Gasteiger partial charge < -0.3 is 30.8 Å². The molecule has 1 aliphatic heterocycles. The maximum absolute atomic E-state index is 12.0. The maximum atomic E-state index is 12.0. The van der Waals surface area contributed by atoms with Gasteiger partial charge in [0.1, 0.15) is 17.7 Å². The molecule has 0 spiro atoms. The topological polar surface area (TPSA) is 187 Å². The fraction of sp³-hybridized carbons (Fsp3) is 0.538. The Morgan fingerprint density at radius 1 is 1.42 bits per heavy atom. The third kappa shape index (κ3) is 3.23. The average Bonchev–Trinajstić information content (AvgIpc) is 3.22. The number of aldehydes is 1. The number of nitrogens with zero attached hydrogens (tertiary/aromatic N) is 4. The number of hydrogen-bond acceptors (Lipinski definition) is 11. The summed E-state index contributed by atoms with van der Waals surface area (Å²) in [6, 6.07) is 0. The standard InChI is InChI=1S/C13H18BN7O5/c15-13(6-22)5-21(4-7(13)2-1-3-14(25)26)9-8(10(23)11(9)24)16-12-17-19-20-18-12/h6-7,25-26H,1-5,15H2,(H2,16,17,18,19,20)/t7-,13+/m0/s1. The van der Waals surface area contributed by atoms with Gasteiger partial charge in [-0.25, -0.2) is 0 Å². The number of anilines is 3. The van der Waals surface area contributed by atoms with Crippen LogP contribution in [0.25, 0.3) is 0 Å². The van der Waals surface area contributed by atoms with Crippen molar-refractivity contribution in [2.75, 3.05) is 23.3 Å². The van der Waals surface area contributed by atoms with E-state index in [1.165, 1.54) is 0 Å². The highest BCUT2D eigenvalue weighted by Gasteiger charge is 2.45. The van der Waals surface area contributed by atoms with Crippen LogP contribution in [0.4, 0.5) is 17.3 Å². The minimum atomic E-state index is -1.42. The first-order chi connectivity index (χ1) is 12.4. The van der Waals surface area contributed by atoms with Gasteiger partial charge in [0.15, 0.2) is 0 Å². The second-order valence-corrected chi connectivity index (χ2v) is 6.46. The molecule has 138 valence electrons. The third-order valence-corrected chi connectivity index (χ3v) is 4.68. The summed E-state index contributed by atoms with van der Waals surface area (Å²) in [5.74, 6) is -0.249. The van der Waals surface area contributed by atoms with Crippen molar-refractivity contribution < 1.29 is 14.8 Å². The van der Waals surface area contributed by atoms with Crippen LogP contribution in [0.2, 0.25) is 6.32 Å². The smallest absolute Gasteiger partial charge is 0.427 e. The number of rotatable bonds is 8. The first-order valence-electron chi connectivity index (χ1n) is 8.06. The van der Waals surface area contributed by atoms with Crippen molar-refractivity contribution in [1.29, 1.82) is 0 Å². The summed E-state index contributed by atoms with van der Waals surface area (Å²) in [6.45, 7) is 0.372. The number of nitrogens with one attached hydrogen (secondary N) is 2. The van der Waals surface area contributed by atoms with Crippen LogP contribution in [0.1, 0.15) is 12.8 Å². The van der Waals surface area contributed by atoms with Gasteiger partial charge in [0.05, 0.1) is 5.54 Å². The molecule has 2 heterocycles. The summed E-state index contributed by atoms with van der Waals surface area (Å²) < 4.78 is 0. The largest absolute Gasteiger partial charge is 0.451 e. The Balaban J connectivity index is 1.78. The number of carbonyl (C=O) groups is 1. The second kappa shape index (κ2) is 6.94. The van der Waals surface area contributed by atoms with Crippen molar-refractivity contribution in [3.8, 4) is 0 Å². The molecule has 2 atom stereocenters. The summed E-state index contributed by atoms with van der Waals surface area (Å²) in [5.41, 5.74) is 3.79. The van der Waals surface area contributed by atoms with Gasteiger partial charge in [-0.15, -0.1) is 5.10 Å². The van der Waals surface area contributed by atoms with E-state index in [1.807, 2.05) is 0 Å². The van der Waals surface area contributed by atoms with Crippen molar-refractivity contribution in [1.82, 2.24) is 20.6 Å². The molecule has 0 bridgehead atoms. The second-order valence-electron chi connectivity index (χ2n) is 6.46. The lowest BCUT2D eigenvalue weighted by Gasteiger charge is -2.24.